The van der Waals surface area contributed by atoms with Crippen LogP contribution in [0.2, 0.25) is 0 Å². The number of thiophene rings is 1. The maximum absolute atomic E-state index is 11.5. The van der Waals surface area contributed by atoms with Crippen molar-refractivity contribution in [2.75, 3.05) is 12.3 Å². The van der Waals surface area contributed by atoms with E-state index in [1.807, 2.05) is 17.5 Å². The first-order valence-electron chi connectivity index (χ1n) is 5.26. The van der Waals surface area contributed by atoms with Crippen molar-refractivity contribution < 1.29 is 19.8 Å². The Morgan fingerprint density at radius 2 is 2.28 bits per heavy atom. The zero-order valence-electron chi connectivity index (χ0n) is 9.88. The molecule has 1 aromatic rings. The summed E-state index contributed by atoms with van der Waals surface area (Å²) in [5, 5.41) is 22.7. The van der Waals surface area contributed by atoms with E-state index in [1.165, 1.54) is 18.7 Å². The number of rotatable bonds is 7. The SMILES string of the molecule is CC(O)(CNC(=O)CSc1cccs1)CC(=O)O. The first kappa shape index (κ1) is 15.0. The van der Waals surface area contributed by atoms with E-state index < -0.39 is 18.0 Å². The monoisotopic (exact) mass is 289 g/mol. The lowest BCUT2D eigenvalue weighted by molar-refractivity contribution is -0.142. The summed E-state index contributed by atoms with van der Waals surface area (Å²) in [4.78, 5) is 22.0. The van der Waals surface area contributed by atoms with Gasteiger partial charge in [-0.1, -0.05) is 6.07 Å². The first-order valence-corrected chi connectivity index (χ1v) is 7.13. The quantitative estimate of drug-likeness (QED) is 0.656. The molecule has 1 aromatic heterocycles. The third kappa shape index (κ3) is 6.04. The number of hydrogen-bond acceptors (Lipinski definition) is 5. The zero-order chi connectivity index (χ0) is 13.6. The molecule has 18 heavy (non-hydrogen) atoms. The summed E-state index contributed by atoms with van der Waals surface area (Å²) in [6.45, 7) is 1.32. The van der Waals surface area contributed by atoms with Crippen LogP contribution >= 0.6 is 23.1 Å². The summed E-state index contributed by atoms with van der Waals surface area (Å²) in [6, 6.07) is 3.83. The number of carbonyl (C=O) groups excluding carboxylic acids is 1. The maximum atomic E-state index is 11.5. The highest BCUT2D eigenvalue weighted by atomic mass is 32.2. The van der Waals surface area contributed by atoms with Gasteiger partial charge in [0.2, 0.25) is 5.91 Å². The molecule has 1 heterocycles. The van der Waals surface area contributed by atoms with Gasteiger partial charge in [-0.3, -0.25) is 9.59 Å². The van der Waals surface area contributed by atoms with Crippen LogP contribution in [-0.2, 0) is 9.59 Å². The van der Waals surface area contributed by atoms with Crippen LogP contribution in [0, 0.1) is 0 Å². The number of thioether (sulfide) groups is 1. The second kappa shape index (κ2) is 6.77. The fourth-order valence-electron chi connectivity index (χ4n) is 1.21. The summed E-state index contributed by atoms with van der Waals surface area (Å²) < 4.78 is 1.04. The van der Waals surface area contributed by atoms with Crippen molar-refractivity contribution in [3.8, 4) is 0 Å². The van der Waals surface area contributed by atoms with Gasteiger partial charge in [0.05, 0.1) is 22.0 Å². The molecule has 3 N–H and O–H groups in total. The summed E-state index contributed by atoms with van der Waals surface area (Å²) >= 11 is 2.96. The maximum Gasteiger partial charge on any atom is 0.306 e. The zero-order valence-corrected chi connectivity index (χ0v) is 11.5. The molecular weight excluding hydrogens is 274 g/mol. The standard InChI is InChI=1S/C11H15NO4S2/c1-11(16,5-9(14)15)7-12-8(13)6-18-10-3-2-4-17-10/h2-4,16H,5-7H2,1H3,(H,12,13)(H,14,15). The normalized spacial score (nSPS) is 13.9. The Balaban J connectivity index is 2.26. The smallest absolute Gasteiger partial charge is 0.306 e. The summed E-state index contributed by atoms with van der Waals surface area (Å²) in [7, 11) is 0. The molecule has 100 valence electrons. The second-order valence-corrected chi connectivity index (χ2v) is 6.29. The Kier molecular flexibility index (Phi) is 5.64. The van der Waals surface area contributed by atoms with E-state index in [0.717, 1.165) is 4.21 Å². The molecule has 1 rings (SSSR count). The number of aliphatic hydroxyl groups is 1. The molecule has 0 bridgehead atoms. The molecule has 1 atom stereocenters. The van der Waals surface area contributed by atoms with Crippen molar-refractivity contribution in [2.24, 2.45) is 0 Å². The number of carbonyl (C=O) groups is 2. The number of hydrogen-bond donors (Lipinski definition) is 3. The van der Waals surface area contributed by atoms with E-state index in [0.29, 0.717) is 0 Å². The summed E-state index contributed by atoms with van der Waals surface area (Å²) in [5.41, 5.74) is -1.42. The van der Waals surface area contributed by atoms with E-state index in [2.05, 4.69) is 5.32 Å². The number of aliphatic carboxylic acids is 1. The van der Waals surface area contributed by atoms with Crippen LogP contribution in [0.4, 0.5) is 0 Å². The molecule has 5 nitrogen and oxygen atoms in total. The van der Waals surface area contributed by atoms with Gasteiger partial charge in [-0.15, -0.1) is 23.1 Å². The predicted molar refractivity (Wildman–Crippen MR) is 70.9 cm³/mol. The average molecular weight is 289 g/mol. The molecule has 0 radical (unpaired) electrons. The summed E-state index contributed by atoms with van der Waals surface area (Å²) in [6.07, 6.45) is -0.397. The fraction of sp³-hybridized carbons (Fsp3) is 0.455. The predicted octanol–water partition coefficient (Wildman–Crippen LogP) is 1.18. The van der Waals surface area contributed by atoms with Gasteiger partial charge in [0.15, 0.2) is 0 Å². The molecule has 0 aliphatic heterocycles. The lowest BCUT2D eigenvalue weighted by Gasteiger charge is -2.21. The van der Waals surface area contributed by atoms with Crippen molar-refractivity contribution >= 4 is 35.0 Å². The van der Waals surface area contributed by atoms with Crippen LogP contribution in [-0.4, -0.2) is 40.0 Å². The van der Waals surface area contributed by atoms with Crippen molar-refractivity contribution in [3.05, 3.63) is 17.5 Å². The number of carboxylic acids is 1. The molecule has 0 spiro atoms. The van der Waals surface area contributed by atoms with Crippen LogP contribution in [0.25, 0.3) is 0 Å². The van der Waals surface area contributed by atoms with Gasteiger partial charge in [-0.05, 0) is 18.4 Å². The fourth-order valence-corrected chi connectivity index (χ4v) is 2.82. The molecule has 0 aromatic carbocycles. The molecule has 1 amide bonds. The minimum absolute atomic E-state index is 0.0663. The van der Waals surface area contributed by atoms with Crippen LogP contribution < -0.4 is 5.32 Å². The molecule has 0 aliphatic carbocycles. The van der Waals surface area contributed by atoms with Crippen molar-refractivity contribution in [2.45, 2.75) is 23.2 Å². The van der Waals surface area contributed by atoms with Gasteiger partial charge in [0, 0.05) is 6.54 Å². The summed E-state index contributed by atoms with van der Waals surface area (Å²) in [5.74, 6) is -1.06. The lowest BCUT2D eigenvalue weighted by Crippen LogP contribution is -2.42. The van der Waals surface area contributed by atoms with Crippen molar-refractivity contribution in [3.63, 3.8) is 0 Å². The number of amides is 1. The Hall–Kier alpha value is -1.05. The van der Waals surface area contributed by atoms with Gasteiger partial charge >= 0.3 is 5.97 Å². The minimum atomic E-state index is -1.42. The molecule has 0 saturated heterocycles. The Labute approximate surface area is 113 Å². The van der Waals surface area contributed by atoms with Crippen LogP contribution in [0.15, 0.2) is 21.7 Å². The van der Waals surface area contributed by atoms with Crippen molar-refractivity contribution in [1.82, 2.24) is 5.32 Å². The molecule has 7 heteroatoms. The Morgan fingerprint density at radius 1 is 1.56 bits per heavy atom. The topological polar surface area (TPSA) is 86.6 Å². The lowest BCUT2D eigenvalue weighted by atomic mass is 10.0. The Bertz CT molecular complexity index is 403. The number of carboxylic acid groups (broad SMARTS) is 1. The highest BCUT2D eigenvalue weighted by Gasteiger charge is 2.24. The number of nitrogens with one attached hydrogen (secondary N) is 1. The van der Waals surface area contributed by atoms with Crippen LogP contribution in [0.5, 0.6) is 0 Å². The van der Waals surface area contributed by atoms with E-state index in [9.17, 15) is 14.7 Å². The van der Waals surface area contributed by atoms with E-state index in [1.54, 1.807) is 11.3 Å². The van der Waals surface area contributed by atoms with Gasteiger partial charge in [0.1, 0.15) is 0 Å². The molecule has 0 aliphatic rings. The average Bonchev–Trinajstić information content (AvgIpc) is 2.74. The highest BCUT2D eigenvalue weighted by Crippen LogP contribution is 2.22. The van der Waals surface area contributed by atoms with E-state index >= 15 is 0 Å². The minimum Gasteiger partial charge on any atom is -0.481 e. The highest BCUT2D eigenvalue weighted by molar-refractivity contribution is 8.01. The van der Waals surface area contributed by atoms with Gasteiger partial charge in [-0.25, -0.2) is 0 Å². The van der Waals surface area contributed by atoms with Gasteiger partial charge in [0.25, 0.3) is 0 Å². The first-order chi connectivity index (χ1) is 8.39. The van der Waals surface area contributed by atoms with E-state index in [-0.39, 0.29) is 18.2 Å². The van der Waals surface area contributed by atoms with Gasteiger partial charge < -0.3 is 15.5 Å². The second-order valence-electron chi connectivity index (χ2n) is 4.06. The molecule has 0 fully saturated rings. The third-order valence-electron chi connectivity index (χ3n) is 2.04. The third-order valence-corrected chi connectivity index (χ3v) is 4.17. The van der Waals surface area contributed by atoms with Gasteiger partial charge in [-0.2, -0.15) is 0 Å². The molecule has 0 saturated carbocycles. The molecular formula is C11H15NO4S2. The van der Waals surface area contributed by atoms with Crippen LogP contribution in [0.3, 0.4) is 0 Å². The van der Waals surface area contributed by atoms with Crippen molar-refractivity contribution in [1.29, 1.82) is 0 Å². The Morgan fingerprint density at radius 3 is 2.83 bits per heavy atom. The largest absolute Gasteiger partial charge is 0.481 e. The van der Waals surface area contributed by atoms with Crippen LogP contribution in [0.1, 0.15) is 13.3 Å². The van der Waals surface area contributed by atoms with E-state index in [4.69, 9.17) is 5.11 Å². The molecule has 1 unspecified atom stereocenters.